The van der Waals surface area contributed by atoms with E-state index in [2.05, 4.69) is 30.9 Å². The fourth-order valence-electron chi connectivity index (χ4n) is 1.83. The third-order valence-electron chi connectivity index (χ3n) is 2.61. The number of benzene rings is 1. The van der Waals surface area contributed by atoms with Gasteiger partial charge in [-0.2, -0.15) is 0 Å². The molecule has 0 bridgehead atoms. The van der Waals surface area contributed by atoms with Crippen molar-refractivity contribution in [1.82, 2.24) is 15.0 Å². The maximum atomic E-state index is 13.3. The lowest BCUT2D eigenvalue weighted by Gasteiger charge is -1.98. The van der Waals surface area contributed by atoms with Gasteiger partial charge in [0.1, 0.15) is 11.6 Å². The summed E-state index contributed by atoms with van der Waals surface area (Å²) in [6.07, 6.45) is 1.76. The van der Waals surface area contributed by atoms with E-state index in [1.165, 1.54) is 12.1 Å². The Hall–Kier alpha value is -1.75. The molecule has 0 saturated carbocycles. The molecule has 1 aromatic carbocycles. The van der Waals surface area contributed by atoms with Crippen LogP contribution in [-0.2, 0) is 0 Å². The molecule has 0 fully saturated rings. The van der Waals surface area contributed by atoms with Gasteiger partial charge < -0.3 is 4.98 Å². The van der Waals surface area contributed by atoms with Crippen LogP contribution >= 0.6 is 15.9 Å². The predicted molar refractivity (Wildman–Crippen MR) is 71.7 cm³/mol. The summed E-state index contributed by atoms with van der Waals surface area (Å²) in [5.74, 6) is 0.312. The van der Waals surface area contributed by atoms with Crippen molar-refractivity contribution < 1.29 is 4.39 Å². The van der Waals surface area contributed by atoms with E-state index in [0.29, 0.717) is 21.5 Å². The van der Waals surface area contributed by atoms with Crippen LogP contribution in [0.15, 0.2) is 34.9 Å². The van der Waals surface area contributed by atoms with Crippen LogP contribution in [0.25, 0.3) is 22.6 Å². The molecule has 0 aliphatic rings. The molecule has 18 heavy (non-hydrogen) atoms. The summed E-state index contributed by atoms with van der Waals surface area (Å²) in [6, 6.07) is 6.63. The number of hydrogen-bond donors (Lipinski definition) is 1. The van der Waals surface area contributed by atoms with Gasteiger partial charge in [-0.1, -0.05) is 15.9 Å². The van der Waals surface area contributed by atoms with Gasteiger partial charge in [-0.25, -0.2) is 14.4 Å². The Kier molecular flexibility index (Phi) is 2.63. The van der Waals surface area contributed by atoms with Crippen LogP contribution in [0.4, 0.5) is 4.39 Å². The molecule has 5 heteroatoms. The Morgan fingerprint density at radius 1 is 1.22 bits per heavy atom. The number of halogens is 2. The van der Waals surface area contributed by atoms with Crippen molar-refractivity contribution in [2.24, 2.45) is 0 Å². The van der Waals surface area contributed by atoms with Crippen LogP contribution in [0, 0.1) is 12.7 Å². The van der Waals surface area contributed by atoms with Crippen molar-refractivity contribution in [1.29, 1.82) is 0 Å². The van der Waals surface area contributed by atoms with E-state index in [-0.39, 0.29) is 5.82 Å². The van der Waals surface area contributed by atoms with Gasteiger partial charge in [0, 0.05) is 16.2 Å². The predicted octanol–water partition coefficient (Wildman–Crippen LogP) is 3.83. The average Bonchev–Trinajstić information content (AvgIpc) is 2.70. The number of rotatable bonds is 1. The number of imidazole rings is 1. The fraction of sp³-hybridized carbons (Fsp3) is 0.0769. The van der Waals surface area contributed by atoms with Gasteiger partial charge in [0.25, 0.3) is 0 Å². The van der Waals surface area contributed by atoms with Crippen molar-refractivity contribution >= 4 is 27.1 Å². The quantitative estimate of drug-likeness (QED) is 0.742. The molecule has 0 aliphatic heterocycles. The van der Waals surface area contributed by atoms with Crippen LogP contribution in [0.5, 0.6) is 0 Å². The van der Waals surface area contributed by atoms with Gasteiger partial charge in [0.2, 0.25) is 0 Å². The summed E-state index contributed by atoms with van der Waals surface area (Å²) in [5, 5.41) is 0. The van der Waals surface area contributed by atoms with Crippen molar-refractivity contribution in [3.05, 3.63) is 46.3 Å². The number of hydrogen-bond acceptors (Lipinski definition) is 2. The van der Waals surface area contributed by atoms with Crippen molar-refractivity contribution in [2.75, 3.05) is 0 Å². The average molecular weight is 306 g/mol. The summed E-state index contributed by atoms with van der Waals surface area (Å²) in [7, 11) is 0. The van der Waals surface area contributed by atoms with E-state index < -0.39 is 0 Å². The second-order valence-electron chi connectivity index (χ2n) is 4.13. The molecule has 0 radical (unpaired) electrons. The summed E-state index contributed by atoms with van der Waals surface area (Å²) in [4.78, 5) is 11.7. The molecule has 0 aliphatic carbocycles. The minimum atomic E-state index is -0.302. The van der Waals surface area contributed by atoms with Crippen molar-refractivity contribution in [3.63, 3.8) is 0 Å². The van der Waals surface area contributed by atoms with E-state index >= 15 is 0 Å². The molecule has 3 rings (SSSR count). The van der Waals surface area contributed by atoms with E-state index in [0.717, 1.165) is 11.1 Å². The van der Waals surface area contributed by atoms with Gasteiger partial charge in [-0.3, -0.25) is 0 Å². The minimum absolute atomic E-state index is 0.302. The molecule has 0 spiro atoms. The van der Waals surface area contributed by atoms with Crippen LogP contribution in [0.1, 0.15) is 5.56 Å². The molecule has 1 N–H and O–H groups in total. The standard InChI is InChI=1S/C13H9BrFN3/c1-7-2-11-13(16-6-7)18-12(17-11)8-3-9(14)5-10(15)4-8/h2-6H,1H3,(H,16,17,18). The summed E-state index contributed by atoms with van der Waals surface area (Å²) in [6.45, 7) is 1.96. The number of aromatic nitrogens is 3. The molecule has 2 aromatic heterocycles. The third kappa shape index (κ3) is 2.01. The lowest BCUT2D eigenvalue weighted by Crippen LogP contribution is -1.83. The first-order chi connectivity index (χ1) is 8.61. The van der Waals surface area contributed by atoms with E-state index in [4.69, 9.17) is 0 Å². The second kappa shape index (κ2) is 4.17. The van der Waals surface area contributed by atoms with Crippen LogP contribution in [0.2, 0.25) is 0 Å². The van der Waals surface area contributed by atoms with Crippen molar-refractivity contribution in [3.8, 4) is 11.4 Å². The normalized spacial score (nSPS) is 11.1. The molecule has 3 aromatic rings. The highest BCUT2D eigenvalue weighted by molar-refractivity contribution is 9.10. The number of aryl methyl sites for hydroxylation is 1. The van der Waals surface area contributed by atoms with Crippen molar-refractivity contribution in [2.45, 2.75) is 6.92 Å². The largest absolute Gasteiger partial charge is 0.337 e. The number of pyridine rings is 1. The highest BCUT2D eigenvalue weighted by Crippen LogP contribution is 2.24. The maximum Gasteiger partial charge on any atom is 0.178 e. The van der Waals surface area contributed by atoms with Gasteiger partial charge in [-0.15, -0.1) is 0 Å². The lowest BCUT2D eigenvalue weighted by molar-refractivity contribution is 0.627. The van der Waals surface area contributed by atoms with Crippen LogP contribution in [-0.4, -0.2) is 15.0 Å². The molecular weight excluding hydrogens is 297 g/mol. The van der Waals surface area contributed by atoms with E-state index in [1.54, 1.807) is 6.20 Å². The van der Waals surface area contributed by atoms with Gasteiger partial charge in [0.05, 0.1) is 5.52 Å². The first-order valence-corrected chi connectivity index (χ1v) is 6.20. The molecule has 3 nitrogen and oxygen atoms in total. The monoisotopic (exact) mass is 305 g/mol. The molecule has 0 atom stereocenters. The highest BCUT2D eigenvalue weighted by Gasteiger charge is 2.08. The topological polar surface area (TPSA) is 41.6 Å². The first-order valence-electron chi connectivity index (χ1n) is 5.41. The molecule has 90 valence electrons. The Morgan fingerprint density at radius 3 is 2.83 bits per heavy atom. The number of nitrogens with one attached hydrogen (secondary N) is 1. The van der Waals surface area contributed by atoms with Crippen LogP contribution in [0.3, 0.4) is 0 Å². The van der Waals surface area contributed by atoms with Gasteiger partial charge in [-0.05, 0) is 36.8 Å². The van der Waals surface area contributed by atoms with Gasteiger partial charge in [0.15, 0.2) is 5.65 Å². The zero-order valence-corrected chi connectivity index (χ0v) is 11.1. The summed E-state index contributed by atoms with van der Waals surface area (Å²) in [5.41, 5.74) is 3.23. The smallest absolute Gasteiger partial charge is 0.178 e. The molecule has 0 amide bonds. The molecular formula is C13H9BrFN3. The zero-order valence-electron chi connectivity index (χ0n) is 9.54. The highest BCUT2D eigenvalue weighted by atomic mass is 79.9. The number of aromatic amines is 1. The Morgan fingerprint density at radius 2 is 2.06 bits per heavy atom. The summed E-state index contributed by atoms with van der Waals surface area (Å²) >= 11 is 3.27. The number of nitrogens with zero attached hydrogens (tertiary/aromatic N) is 2. The number of H-pyrrole nitrogens is 1. The van der Waals surface area contributed by atoms with E-state index in [1.807, 2.05) is 19.1 Å². The third-order valence-corrected chi connectivity index (χ3v) is 3.07. The lowest BCUT2D eigenvalue weighted by atomic mass is 10.2. The zero-order chi connectivity index (χ0) is 12.7. The second-order valence-corrected chi connectivity index (χ2v) is 5.04. The first kappa shape index (κ1) is 11.3. The number of fused-ring (bicyclic) bond motifs is 1. The molecule has 2 heterocycles. The minimum Gasteiger partial charge on any atom is -0.337 e. The fourth-order valence-corrected chi connectivity index (χ4v) is 2.30. The Labute approximate surface area is 111 Å². The molecule has 0 saturated heterocycles. The Bertz CT molecular complexity index is 716. The Balaban J connectivity index is 2.19. The summed E-state index contributed by atoms with van der Waals surface area (Å²) < 4.78 is 14.0. The SMILES string of the molecule is Cc1cnc2nc(-c3cc(F)cc(Br)c3)[nH]c2c1. The van der Waals surface area contributed by atoms with E-state index in [9.17, 15) is 4.39 Å². The maximum absolute atomic E-state index is 13.3. The molecule has 0 unspecified atom stereocenters. The van der Waals surface area contributed by atoms with Gasteiger partial charge >= 0.3 is 0 Å². The van der Waals surface area contributed by atoms with Crippen LogP contribution < -0.4 is 0 Å².